The standard InChI is InChI=1S/C23H27NO5/c1-4-28-21-14-17(12-13-20(21)27-3)23(26)29-15(2)22(25)24-19-11-7-9-16-8-5-6-10-18(16)19/h5-6,8,10,12-15,19H,4,7,9,11H2,1-3H3,(H,24,25)/t15-,19-/m0/s1. The highest BCUT2D eigenvalue weighted by Crippen LogP contribution is 2.30. The number of carbonyl (C=O) groups is 2. The molecule has 0 heterocycles. The summed E-state index contributed by atoms with van der Waals surface area (Å²) in [5, 5.41) is 3.02. The van der Waals surface area contributed by atoms with E-state index in [0.29, 0.717) is 23.7 Å². The van der Waals surface area contributed by atoms with Gasteiger partial charge in [-0.1, -0.05) is 24.3 Å². The van der Waals surface area contributed by atoms with E-state index in [1.807, 2.05) is 25.1 Å². The summed E-state index contributed by atoms with van der Waals surface area (Å²) in [5.41, 5.74) is 2.70. The third-order valence-electron chi connectivity index (χ3n) is 5.04. The van der Waals surface area contributed by atoms with Gasteiger partial charge in [0.15, 0.2) is 17.6 Å². The topological polar surface area (TPSA) is 73.9 Å². The van der Waals surface area contributed by atoms with Crippen LogP contribution in [0.5, 0.6) is 11.5 Å². The SMILES string of the molecule is CCOc1cc(C(=O)O[C@@H](C)C(=O)N[C@H]2CCCc3ccccc32)ccc1OC. The lowest BCUT2D eigenvalue weighted by Crippen LogP contribution is -2.39. The number of fused-ring (bicyclic) bond motifs is 1. The normalized spacial score (nSPS) is 16.3. The van der Waals surface area contributed by atoms with Gasteiger partial charge in [0.05, 0.1) is 25.3 Å². The van der Waals surface area contributed by atoms with Gasteiger partial charge in [-0.2, -0.15) is 0 Å². The predicted molar refractivity (Wildman–Crippen MR) is 109 cm³/mol. The Balaban J connectivity index is 1.64. The van der Waals surface area contributed by atoms with Crippen LogP contribution in [-0.2, 0) is 16.0 Å². The first-order chi connectivity index (χ1) is 14.0. The zero-order valence-electron chi connectivity index (χ0n) is 17.1. The second kappa shape index (κ2) is 9.45. The second-order valence-electron chi connectivity index (χ2n) is 7.00. The number of benzene rings is 2. The smallest absolute Gasteiger partial charge is 0.339 e. The molecule has 2 atom stereocenters. The molecule has 1 aliphatic carbocycles. The molecule has 6 heteroatoms. The molecular formula is C23H27NO5. The minimum absolute atomic E-state index is 0.0563. The van der Waals surface area contributed by atoms with Crippen LogP contribution in [0.1, 0.15) is 54.2 Å². The molecule has 1 N–H and O–H groups in total. The van der Waals surface area contributed by atoms with Crippen molar-refractivity contribution in [1.82, 2.24) is 5.32 Å². The molecule has 0 aromatic heterocycles. The Morgan fingerprint density at radius 1 is 1.17 bits per heavy atom. The second-order valence-corrected chi connectivity index (χ2v) is 7.00. The highest BCUT2D eigenvalue weighted by molar-refractivity contribution is 5.93. The van der Waals surface area contributed by atoms with Crippen LogP contribution in [0.15, 0.2) is 42.5 Å². The van der Waals surface area contributed by atoms with Crippen molar-refractivity contribution in [2.24, 2.45) is 0 Å². The van der Waals surface area contributed by atoms with Crippen molar-refractivity contribution in [2.75, 3.05) is 13.7 Å². The lowest BCUT2D eigenvalue weighted by Gasteiger charge is -2.27. The summed E-state index contributed by atoms with van der Waals surface area (Å²) < 4.78 is 16.1. The summed E-state index contributed by atoms with van der Waals surface area (Å²) in [6.45, 7) is 3.87. The number of carbonyl (C=O) groups excluding carboxylic acids is 2. The van der Waals surface area contributed by atoms with E-state index >= 15 is 0 Å². The average molecular weight is 397 g/mol. The minimum Gasteiger partial charge on any atom is -0.493 e. The number of hydrogen-bond donors (Lipinski definition) is 1. The molecule has 0 bridgehead atoms. The third-order valence-corrected chi connectivity index (χ3v) is 5.04. The fraction of sp³-hybridized carbons (Fsp3) is 0.391. The van der Waals surface area contributed by atoms with Crippen molar-refractivity contribution >= 4 is 11.9 Å². The Hall–Kier alpha value is -3.02. The van der Waals surface area contributed by atoms with Gasteiger partial charge in [-0.3, -0.25) is 4.79 Å². The van der Waals surface area contributed by atoms with Gasteiger partial charge in [0, 0.05) is 0 Å². The summed E-state index contributed by atoms with van der Waals surface area (Å²) >= 11 is 0. The summed E-state index contributed by atoms with van der Waals surface area (Å²) in [6, 6.07) is 12.9. The quantitative estimate of drug-likeness (QED) is 0.719. The molecule has 1 aliphatic rings. The van der Waals surface area contributed by atoms with Crippen molar-refractivity contribution in [3.63, 3.8) is 0 Å². The van der Waals surface area contributed by atoms with E-state index in [1.165, 1.54) is 12.7 Å². The van der Waals surface area contributed by atoms with Crippen molar-refractivity contribution in [3.05, 3.63) is 59.2 Å². The van der Waals surface area contributed by atoms with Crippen LogP contribution in [0.2, 0.25) is 0 Å². The van der Waals surface area contributed by atoms with Crippen molar-refractivity contribution in [3.8, 4) is 11.5 Å². The van der Waals surface area contributed by atoms with Gasteiger partial charge >= 0.3 is 5.97 Å². The van der Waals surface area contributed by atoms with Crippen LogP contribution in [-0.4, -0.2) is 31.7 Å². The van der Waals surface area contributed by atoms with Crippen LogP contribution in [0, 0.1) is 0 Å². The van der Waals surface area contributed by atoms with Crippen LogP contribution in [0.3, 0.4) is 0 Å². The largest absolute Gasteiger partial charge is 0.493 e. The monoisotopic (exact) mass is 397 g/mol. The van der Waals surface area contributed by atoms with E-state index < -0.39 is 12.1 Å². The first kappa shape index (κ1) is 20.7. The first-order valence-electron chi connectivity index (χ1n) is 9.93. The highest BCUT2D eigenvalue weighted by atomic mass is 16.5. The Kier molecular flexibility index (Phi) is 6.75. The molecular weight excluding hydrogens is 370 g/mol. The maximum Gasteiger partial charge on any atom is 0.339 e. The number of methoxy groups -OCH3 is 1. The molecule has 0 aliphatic heterocycles. The number of nitrogens with one attached hydrogen (secondary N) is 1. The molecule has 3 rings (SSSR count). The Bertz CT molecular complexity index is 879. The van der Waals surface area contributed by atoms with Crippen LogP contribution < -0.4 is 14.8 Å². The number of ether oxygens (including phenoxy) is 3. The molecule has 2 aromatic carbocycles. The molecule has 154 valence electrons. The Morgan fingerprint density at radius 3 is 2.72 bits per heavy atom. The zero-order chi connectivity index (χ0) is 20.8. The molecule has 6 nitrogen and oxygen atoms in total. The number of esters is 1. The van der Waals surface area contributed by atoms with Gasteiger partial charge in [-0.15, -0.1) is 0 Å². The molecule has 1 amide bonds. The lowest BCUT2D eigenvalue weighted by molar-refractivity contribution is -0.130. The average Bonchev–Trinajstić information content (AvgIpc) is 2.74. The Labute approximate surface area is 171 Å². The minimum atomic E-state index is -0.908. The number of aryl methyl sites for hydroxylation is 1. The number of amides is 1. The summed E-state index contributed by atoms with van der Waals surface area (Å²) in [6.07, 6.45) is 2.00. The van der Waals surface area contributed by atoms with Gasteiger partial charge in [0.25, 0.3) is 5.91 Å². The fourth-order valence-electron chi connectivity index (χ4n) is 3.55. The Morgan fingerprint density at radius 2 is 1.97 bits per heavy atom. The molecule has 0 saturated carbocycles. The van der Waals surface area contributed by atoms with E-state index in [1.54, 1.807) is 25.1 Å². The maximum atomic E-state index is 12.6. The van der Waals surface area contributed by atoms with Gasteiger partial charge < -0.3 is 19.5 Å². The van der Waals surface area contributed by atoms with Crippen molar-refractivity contribution < 1.29 is 23.8 Å². The van der Waals surface area contributed by atoms with Gasteiger partial charge in [0.2, 0.25) is 0 Å². The predicted octanol–water partition coefficient (Wildman–Crippen LogP) is 3.83. The van der Waals surface area contributed by atoms with Crippen LogP contribution in [0.25, 0.3) is 0 Å². The molecule has 0 unspecified atom stereocenters. The molecule has 0 radical (unpaired) electrons. The molecule has 0 spiro atoms. The van der Waals surface area contributed by atoms with Gasteiger partial charge in [0.1, 0.15) is 0 Å². The summed E-state index contributed by atoms with van der Waals surface area (Å²) in [4.78, 5) is 25.1. The van der Waals surface area contributed by atoms with Crippen molar-refractivity contribution in [1.29, 1.82) is 0 Å². The lowest BCUT2D eigenvalue weighted by atomic mass is 9.87. The summed E-state index contributed by atoms with van der Waals surface area (Å²) in [7, 11) is 1.53. The zero-order valence-corrected chi connectivity index (χ0v) is 17.1. The van der Waals surface area contributed by atoms with Crippen LogP contribution >= 0.6 is 0 Å². The van der Waals surface area contributed by atoms with E-state index in [4.69, 9.17) is 14.2 Å². The number of rotatable bonds is 7. The van der Waals surface area contributed by atoms with E-state index in [2.05, 4.69) is 11.4 Å². The molecule has 2 aromatic rings. The highest BCUT2D eigenvalue weighted by Gasteiger charge is 2.26. The fourth-order valence-corrected chi connectivity index (χ4v) is 3.55. The van der Waals surface area contributed by atoms with Crippen LogP contribution in [0.4, 0.5) is 0 Å². The molecule has 0 saturated heterocycles. The van der Waals surface area contributed by atoms with E-state index in [0.717, 1.165) is 24.8 Å². The summed E-state index contributed by atoms with van der Waals surface area (Å²) in [5.74, 6) is 0.101. The van der Waals surface area contributed by atoms with Crippen molar-refractivity contribution in [2.45, 2.75) is 45.3 Å². The third kappa shape index (κ3) is 4.88. The maximum absolute atomic E-state index is 12.6. The van der Waals surface area contributed by atoms with E-state index in [9.17, 15) is 9.59 Å². The number of hydrogen-bond acceptors (Lipinski definition) is 5. The first-order valence-corrected chi connectivity index (χ1v) is 9.93. The molecule has 29 heavy (non-hydrogen) atoms. The molecule has 0 fully saturated rings. The van der Waals surface area contributed by atoms with Gasteiger partial charge in [-0.05, 0) is 62.4 Å². The van der Waals surface area contributed by atoms with Gasteiger partial charge in [-0.25, -0.2) is 4.79 Å². The van der Waals surface area contributed by atoms with E-state index in [-0.39, 0.29) is 11.9 Å².